The lowest BCUT2D eigenvalue weighted by molar-refractivity contribution is -0.253. The number of fused-ring (bicyclic) bond motifs is 2. The van der Waals surface area contributed by atoms with Crippen LogP contribution in [0.15, 0.2) is 33.5 Å². The average molecular weight is 538 g/mol. The van der Waals surface area contributed by atoms with E-state index in [1.807, 2.05) is 0 Å². The number of aliphatic hydroxyl groups excluding tert-OH is 5. The van der Waals surface area contributed by atoms with Gasteiger partial charge in [-0.1, -0.05) is 0 Å². The van der Waals surface area contributed by atoms with Crippen LogP contribution >= 0.6 is 0 Å². The van der Waals surface area contributed by atoms with Crippen molar-refractivity contribution in [3.63, 3.8) is 0 Å². The van der Waals surface area contributed by atoms with Crippen LogP contribution in [0, 0.1) is 0 Å². The van der Waals surface area contributed by atoms with Gasteiger partial charge in [0, 0.05) is 6.07 Å². The van der Waals surface area contributed by atoms with Crippen molar-refractivity contribution in [3.05, 3.63) is 40.1 Å². The van der Waals surface area contributed by atoms with Crippen LogP contribution in [0.3, 0.4) is 0 Å². The van der Waals surface area contributed by atoms with Crippen molar-refractivity contribution < 1.29 is 64.6 Å². The van der Waals surface area contributed by atoms with Gasteiger partial charge in [0.05, 0.1) is 30.8 Å². The van der Waals surface area contributed by atoms with Crippen LogP contribution in [0.1, 0.15) is 11.7 Å². The molecule has 2 aliphatic heterocycles. The first-order chi connectivity index (χ1) is 18.0. The van der Waals surface area contributed by atoms with E-state index >= 15 is 0 Å². The molecular weight excluding hydrogens is 512 g/mol. The summed E-state index contributed by atoms with van der Waals surface area (Å²) in [7, 11) is 0. The second kappa shape index (κ2) is 9.60. The van der Waals surface area contributed by atoms with Crippen LogP contribution in [-0.4, -0.2) is 108 Å². The van der Waals surface area contributed by atoms with Gasteiger partial charge in [-0.05, 0) is 18.2 Å². The molecule has 14 heteroatoms. The Kier molecular flexibility index (Phi) is 6.71. The van der Waals surface area contributed by atoms with E-state index in [1.54, 1.807) is 0 Å². The molecule has 2 aromatic carbocycles. The third kappa shape index (κ3) is 4.16. The van der Waals surface area contributed by atoms with Gasteiger partial charge in [0.15, 0.2) is 6.29 Å². The lowest BCUT2D eigenvalue weighted by Crippen LogP contribution is -2.56. The number of hydrogen-bond donors (Lipinski definition) is 9. The second-order valence-corrected chi connectivity index (χ2v) is 9.43. The van der Waals surface area contributed by atoms with Gasteiger partial charge in [-0.3, -0.25) is 4.79 Å². The van der Waals surface area contributed by atoms with Gasteiger partial charge in [-0.25, -0.2) is 0 Å². The summed E-state index contributed by atoms with van der Waals surface area (Å²) in [4.78, 5) is 13.1. The Hall–Kier alpha value is -3.05. The van der Waals surface area contributed by atoms with Crippen molar-refractivity contribution in [3.8, 4) is 17.2 Å². The van der Waals surface area contributed by atoms with Crippen molar-refractivity contribution in [1.82, 2.24) is 0 Å². The number of ether oxygens (including phenoxy) is 3. The van der Waals surface area contributed by atoms with Crippen LogP contribution in [0.25, 0.3) is 21.9 Å². The third-order valence-electron chi connectivity index (χ3n) is 6.94. The predicted octanol–water partition coefficient (Wildman–Crippen LogP) is -1.96. The monoisotopic (exact) mass is 538 g/mol. The number of aromatic hydroxyl groups is 3. The summed E-state index contributed by atoms with van der Waals surface area (Å²) in [6, 6.07) is 4.75. The van der Waals surface area contributed by atoms with E-state index in [4.69, 9.17) is 18.6 Å². The van der Waals surface area contributed by atoms with Crippen LogP contribution in [0.4, 0.5) is 0 Å². The molecule has 3 aromatic rings. The maximum Gasteiger partial charge on any atom is 0.204 e. The van der Waals surface area contributed by atoms with E-state index in [-0.39, 0.29) is 22.3 Å². The first-order valence-corrected chi connectivity index (χ1v) is 11.6. The molecule has 0 aliphatic carbocycles. The number of rotatable bonds is 5. The highest BCUT2D eigenvalue weighted by molar-refractivity contribution is 5.95. The van der Waals surface area contributed by atoms with Crippen LogP contribution < -0.4 is 5.43 Å². The molecule has 206 valence electrons. The van der Waals surface area contributed by atoms with E-state index < -0.39 is 96.2 Å². The quantitative estimate of drug-likeness (QED) is 0.160. The molecule has 2 fully saturated rings. The molecular formula is C24H26O14. The third-order valence-corrected chi connectivity index (χ3v) is 6.94. The minimum atomic E-state index is -1.97. The normalized spacial score (nSPS) is 33.8. The highest BCUT2D eigenvalue weighted by atomic mass is 16.7. The van der Waals surface area contributed by atoms with Crippen molar-refractivity contribution in [2.45, 2.75) is 48.5 Å². The zero-order valence-electron chi connectivity index (χ0n) is 19.5. The number of phenols is 3. The zero-order chi connectivity index (χ0) is 27.5. The second-order valence-electron chi connectivity index (χ2n) is 9.43. The highest BCUT2D eigenvalue weighted by Gasteiger charge is 2.50. The summed E-state index contributed by atoms with van der Waals surface area (Å²) in [5, 5.41) is 92.0. The Labute approximate surface area is 212 Å². The van der Waals surface area contributed by atoms with Crippen LogP contribution in [-0.2, 0) is 14.2 Å². The summed E-state index contributed by atoms with van der Waals surface area (Å²) >= 11 is 0. The fraction of sp³-hybridized carbons (Fsp3) is 0.458. The summed E-state index contributed by atoms with van der Waals surface area (Å²) in [5.41, 5.74) is -3.35. The van der Waals surface area contributed by atoms with Crippen LogP contribution in [0.2, 0.25) is 0 Å². The Morgan fingerprint density at radius 2 is 1.74 bits per heavy atom. The highest BCUT2D eigenvalue weighted by Crippen LogP contribution is 2.45. The minimum Gasteiger partial charge on any atom is -0.508 e. The first-order valence-electron chi connectivity index (χ1n) is 11.6. The minimum absolute atomic E-state index is 0.0703. The first kappa shape index (κ1) is 26.6. The van der Waals surface area contributed by atoms with Crippen LogP contribution in [0.5, 0.6) is 17.2 Å². The molecule has 8 atom stereocenters. The van der Waals surface area contributed by atoms with Gasteiger partial charge < -0.3 is 64.6 Å². The lowest BCUT2D eigenvalue weighted by Gasteiger charge is -2.41. The largest absolute Gasteiger partial charge is 0.508 e. The smallest absolute Gasteiger partial charge is 0.204 e. The topological polar surface area (TPSA) is 240 Å². The predicted molar refractivity (Wildman–Crippen MR) is 124 cm³/mol. The molecule has 38 heavy (non-hydrogen) atoms. The SMILES string of the molecule is O=c1c2cc(O)ccc2oc2cc(O)c([C@@H]3O[C@H](CO[C@@H]4OCC(O)(CO)[C@H]4O)[C@@H](O)[C@H](O)[C@H]3O)c(O)c12. The Morgan fingerprint density at radius 3 is 2.42 bits per heavy atom. The molecule has 0 radical (unpaired) electrons. The Bertz CT molecular complexity index is 1420. The number of aliphatic hydroxyl groups is 6. The number of phenolic OH excluding ortho intramolecular Hbond substituents is 3. The molecule has 3 heterocycles. The van der Waals surface area contributed by atoms with Crippen molar-refractivity contribution in [2.24, 2.45) is 0 Å². The molecule has 0 amide bonds. The van der Waals surface area contributed by atoms with Gasteiger partial charge >= 0.3 is 0 Å². The summed E-state index contributed by atoms with van der Waals surface area (Å²) in [6.07, 6.45) is -11.7. The molecule has 0 spiro atoms. The molecule has 1 unspecified atom stereocenters. The van der Waals surface area contributed by atoms with Gasteiger partial charge in [-0.2, -0.15) is 0 Å². The Morgan fingerprint density at radius 1 is 1.00 bits per heavy atom. The summed E-state index contributed by atoms with van der Waals surface area (Å²) in [5.74, 6) is -1.72. The summed E-state index contributed by atoms with van der Waals surface area (Å²) < 4.78 is 21.7. The number of hydrogen-bond acceptors (Lipinski definition) is 14. The van der Waals surface area contributed by atoms with Crippen molar-refractivity contribution >= 4 is 21.9 Å². The molecule has 0 bridgehead atoms. The molecule has 9 N–H and O–H groups in total. The maximum absolute atomic E-state index is 13.1. The summed E-state index contributed by atoms with van der Waals surface area (Å²) in [6.45, 7) is -1.82. The Balaban J connectivity index is 1.49. The van der Waals surface area contributed by atoms with Gasteiger partial charge in [-0.15, -0.1) is 0 Å². The molecule has 2 aliphatic rings. The number of benzene rings is 2. The average Bonchev–Trinajstić information content (AvgIpc) is 3.17. The zero-order valence-corrected chi connectivity index (χ0v) is 19.5. The van der Waals surface area contributed by atoms with Gasteiger partial charge in [0.1, 0.15) is 76.0 Å². The lowest BCUT2D eigenvalue weighted by atomic mass is 9.89. The van der Waals surface area contributed by atoms with Gasteiger partial charge in [0.25, 0.3) is 0 Å². The van der Waals surface area contributed by atoms with E-state index in [2.05, 4.69) is 0 Å². The van der Waals surface area contributed by atoms with Crippen molar-refractivity contribution in [2.75, 3.05) is 19.8 Å². The van der Waals surface area contributed by atoms with E-state index in [1.165, 1.54) is 12.1 Å². The fourth-order valence-corrected chi connectivity index (χ4v) is 4.72. The van der Waals surface area contributed by atoms with Gasteiger partial charge in [0.2, 0.25) is 5.43 Å². The van der Waals surface area contributed by atoms with E-state index in [9.17, 15) is 50.8 Å². The maximum atomic E-state index is 13.1. The fourth-order valence-electron chi connectivity index (χ4n) is 4.72. The standard InChI is InChI=1S/C24H26O14/c25-6-24(34)7-36-23(22(24)33)35-5-13-17(29)19(31)20(32)21(38-13)14-10(27)4-12-15(18(14)30)16(28)9-3-8(26)1-2-11(9)37-12/h1-4,13,17,19-23,25-27,29-34H,5-7H2/t13-,17-,19+,20-,21+,22+,23-,24?/m1/s1. The molecule has 0 saturated carbocycles. The molecule has 14 nitrogen and oxygen atoms in total. The molecule has 1 aromatic heterocycles. The molecule has 2 saturated heterocycles. The van der Waals surface area contributed by atoms with E-state index in [0.29, 0.717) is 0 Å². The van der Waals surface area contributed by atoms with E-state index in [0.717, 1.165) is 12.1 Å². The molecule has 5 rings (SSSR count). The van der Waals surface area contributed by atoms with Crippen molar-refractivity contribution in [1.29, 1.82) is 0 Å².